The molecule has 1 aromatic carbocycles. The van der Waals surface area contributed by atoms with Gasteiger partial charge in [0.05, 0.1) is 19.8 Å². The topological polar surface area (TPSA) is 85.9 Å². The number of hydrogen-bond donors (Lipinski definition) is 2. The van der Waals surface area contributed by atoms with Crippen LogP contribution in [-0.4, -0.2) is 45.0 Å². The highest BCUT2D eigenvalue weighted by Crippen LogP contribution is 2.11. The first kappa shape index (κ1) is 21.4. The first-order chi connectivity index (χ1) is 12.0. The van der Waals surface area contributed by atoms with E-state index in [-0.39, 0.29) is 37.2 Å². The number of hydroxylamine groups is 1. The molecule has 0 unspecified atom stereocenters. The molecule has 7 nitrogen and oxygen atoms in total. The smallest absolute Gasteiger partial charge is 0.251 e. The Hall–Kier alpha value is -1.67. The standard InChI is InChI=1S/C17H25ClN2O5/c1-4-24-11-25-10-15(9-12(2)16(21)20-23-3)19-17(22)13-5-7-14(18)8-6-13/h5-8,12,15H,4,9-11H2,1-3H3,(H,19,22)(H,20,21)/t12-,15-/m0/s1. The van der Waals surface area contributed by atoms with Crippen LogP contribution in [-0.2, 0) is 19.1 Å². The largest absolute Gasteiger partial charge is 0.356 e. The van der Waals surface area contributed by atoms with E-state index < -0.39 is 0 Å². The van der Waals surface area contributed by atoms with Crippen molar-refractivity contribution in [2.45, 2.75) is 26.3 Å². The van der Waals surface area contributed by atoms with Crippen molar-refractivity contribution in [1.29, 1.82) is 0 Å². The molecule has 2 N–H and O–H groups in total. The molecule has 0 saturated carbocycles. The fourth-order valence-electron chi connectivity index (χ4n) is 2.11. The van der Waals surface area contributed by atoms with Gasteiger partial charge in [0, 0.05) is 23.1 Å². The molecule has 25 heavy (non-hydrogen) atoms. The molecule has 0 spiro atoms. The number of nitrogens with one attached hydrogen (secondary N) is 2. The second kappa shape index (κ2) is 11.8. The van der Waals surface area contributed by atoms with Gasteiger partial charge in [-0.3, -0.25) is 14.4 Å². The zero-order chi connectivity index (χ0) is 18.7. The van der Waals surface area contributed by atoms with Gasteiger partial charge in [-0.1, -0.05) is 18.5 Å². The molecule has 0 radical (unpaired) electrons. The lowest BCUT2D eigenvalue weighted by atomic mass is 10.0. The first-order valence-corrected chi connectivity index (χ1v) is 8.40. The monoisotopic (exact) mass is 372 g/mol. The predicted octanol–water partition coefficient (Wildman–Crippen LogP) is 2.15. The van der Waals surface area contributed by atoms with Gasteiger partial charge in [-0.2, -0.15) is 0 Å². The Morgan fingerprint density at radius 1 is 1.20 bits per heavy atom. The van der Waals surface area contributed by atoms with Crippen molar-refractivity contribution < 1.29 is 23.9 Å². The Bertz CT molecular complexity index is 538. The average Bonchev–Trinajstić information content (AvgIpc) is 2.59. The summed E-state index contributed by atoms with van der Waals surface area (Å²) in [6.45, 7) is 4.50. The van der Waals surface area contributed by atoms with Crippen molar-refractivity contribution in [3.63, 3.8) is 0 Å². The second-order valence-corrected chi connectivity index (χ2v) is 5.90. The summed E-state index contributed by atoms with van der Waals surface area (Å²) in [7, 11) is 1.37. The van der Waals surface area contributed by atoms with Crippen LogP contribution in [0.25, 0.3) is 0 Å². The van der Waals surface area contributed by atoms with E-state index in [9.17, 15) is 9.59 Å². The molecular formula is C17H25ClN2O5. The number of carbonyl (C=O) groups excluding carboxylic acids is 2. The van der Waals surface area contributed by atoms with E-state index in [1.807, 2.05) is 6.92 Å². The highest BCUT2D eigenvalue weighted by atomic mass is 35.5. The molecule has 140 valence electrons. The Morgan fingerprint density at radius 3 is 2.48 bits per heavy atom. The van der Waals surface area contributed by atoms with E-state index in [1.54, 1.807) is 31.2 Å². The van der Waals surface area contributed by atoms with E-state index in [2.05, 4.69) is 15.6 Å². The Labute approximate surface area is 152 Å². The van der Waals surface area contributed by atoms with E-state index in [1.165, 1.54) is 7.11 Å². The fraction of sp³-hybridized carbons (Fsp3) is 0.529. The highest BCUT2D eigenvalue weighted by molar-refractivity contribution is 6.30. The van der Waals surface area contributed by atoms with Gasteiger partial charge < -0.3 is 14.8 Å². The lowest BCUT2D eigenvalue weighted by Crippen LogP contribution is -2.42. The van der Waals surface area contributed by atoms with Crippen molar-refractivity contribution in [2.75, 3.05) is 27.1 Å². The van der Waals surface area contributed by atoms with Gasteiger partial charge in [-0.05, 0) is 37.6 Å². The minimum absolute atomic E-state index is 0.127. The number of amides is 2. The molecule has 0 bridgehead atoms. The molecule has 1 aromatic rings. The lowest BCUT2D eigenvalue weighted by molar-refractivity contribution is -0.135. The molecular weight excluding hydrogens is 348 g/mol. The number of ether oxygens (including phenoxy) is 2. The Kier molecular flexibility index (Phi) is 10.1. The van der Waals surface area contributed by atoms with E-state index >= 15 is 0 Å². The van der Waals surface area contributed by atoms with Gasteiger partial charge in [0.2, 0.25) is 5.91 Å². The molecule has 0 saturated heterocycles. The van der Waals surface area contributed by atoms with Gasteiger partial charge in [0.1, 0.15) is 6.79 Å². The normalized spacial score (nSPS) is 13.1. The molecule has 2 amide bonds. The lowest BCUT2D eigenvalue weighted by Gasteiger charge is -2.22. The maximum atomic E-state index is 12.4. The molecule has 0 aliphatic rings. The third-order valence-electron chi connectivity index (χ3n) is 3.42. The molecule has 0 heterocycles. The van der Waals surface area contributed by atoms with Crippen LogP contribution in [0.15, 0.2) is 24.3 Å². The summed E-state index contributed by atoms with van der Waals surface area (Å²) in [5, 5.41) is 3.43. The fourth-order valence-corrected chi connectivity index (χ4v) is 2.23. The van der Waals surface area contributed by atoms with Crippen LogP contribution in [0, 0.1) is 5.92 Å². The average molecular weight is 373 g/mol. The number of rotatable bonds is 11. The van der Waals surface area contributed by atoms with Gasteiger partial charge in [0.25, 0.3) is 5.91 Å². The van der Waals surface area contributed by atoms with Crippen LogP contribution in [0.2, 0.25) is 5.02 Å². The quantitative estimate of drug-likeness (QED) is 0.353. The van der Waals surface area contributed by atoms with Crippen LogP contribution in [0.4, 0.5) is 0 Å². The summed E-state index contributed by atoms with van der Waals surface area (Å²) in [6.07, 6.45) is 0.390. The zero-order valence-corrected chi connectivity index (χ0v) is 15.5. The summed E-state index contributed by atoms with van der Waals surface area (Å²) < 4.78 is 10.5. The molecule has 0 aliphatic heterocycles. The van der Waals surface area contributed by atoms with E-state index in [0.717, 1.165) is 0 Å². The molecule has 8 heteroatoms. The highest BCUT2D eigenvalue weighted by Gasteiger charge is 2.21. The number of carbonyl (C=O) groups is 2. The van der Waals surface area contributed by atoms with Crippen LogP contribution in [0.1, 0.15) is 30.6 Å². The predicted molar refractivity (Wildman–Crippen MR) is 94.1 cm³/mol. The summed E-state index contributed by atoms with van der Waals surface area (Å²) >= 11 is 5.83. The number of hydrogen-bond acceptors (Lipinski definition) is 5. The minimum atomic E-state index is -0.369. The summed E-state index contributed by atoms with van der Waals surface area (Å²) in [5.41, 5.74) is 2.77. The summed E-state index contributed by atoms with van der Waals surface area (Å²) in [5.74, 6) is -0.898. The van der Waals surface area contributed by atoms with Crippen LogP contribution in [0.5, 0.6) is 0 Å². The van der Waals surface area contributed by atoms with Crippen molar-refractivity contribution in [1.82, 2.24) is 10.8 Å². The van der Waals surface area contributed by atoms with Crippen molar-refractivity contribution in [2.24, 2.45) is 5.92 Å². The van der Waals surface area contributed by atoms with Gasteiger partial charge in [-0.25, -0.2) is 5.48 Å². The third-order valence-corrected chi connectivity index (χ3v) is 3.67. The van der Waals surface area contributed by atoms with Gasteiger partial charge >= 0.3 is 0 Å². The van der Waals surface area contributed by atoms with Crippen molar-refractivity contribution in [3.8, 4) is 0 Å². The van der Waals surface area contributed by atoms with Crippen LogP contribution < -0.4 is 10.8 Å². The Balaban J connectivity index is 2.66. The Morgan fingerprint density at radius 2 is 1.88 bits per heavy atom. The minimum Gasteiger partial charge on any atom is -0.356 e. The molecule has 0 aliphatic carbocycles. The zero-order valence-electron chi connectivity index (χ0n) is 14.7. The number of benzene rings is 1. The van der Waals surface area contributed by atoms with Crippen molar-refractivity contribution in [3.05, 3.63) is 34.9 Å². The molecule has 0 fully saturated rings. The SMILES string of the molecule is CCOCOC[C@H](C[C@H](C)C(=O)NOC)NC(=O)c1ccc(Cl)cc1. The van der Waals surface area contributed by atoms with Crippen LogP contribution in [0.3, 0.4) is 0 Å². The third kappa shape index (κ3) is 8.31. The van der Waals surface area contributed by atoms with Crippen LogP contribution >= 0.6 is 11.6 Å². The summed E-state index contributed by atoms with van der Waals surface area (Å²) in [4.78, 5) is 28.8. The second-order valence-electron chi connectivity index (χ2n) is 5.47. The van der Waals surface area contributed by atoms with Gasteiger partial charge in [0.15, 0.2) is 0 Å². The maximum absolute atomic E-state index is 12.4. The summed E-state index contributed by atoms with van der Waals surface area (Å²) in [6, 6.07) is 6.20. The molecule has 1 rings (SSSR count). The maximum Gasteiger partial charge on any atom is 0.251 e. The van der Waals surface area contributed by atoms with E-state index in [4.69, 9.17) is 21.1 Å². The first-order valence-electron chi connectivity index (χ1n) is 8.02. The molecule has 2 atom stereocenters. The van der Waals surface area contributed by atoms with E-state index in [0.29, 0.717) is 23.6 Å². The van der Waals surface area contributed by atoms with Crippen molar-refractivity contribution >= 4 is 23.4 Å². The number of halogens is 1. The van der Waals surface area contributed by atoms with Gasteiger partial charge in [-0.15, -0.1) is 0 Å². The molecule has 0 aromatic heterocycles.